The third-order valence-electron chi connectivity index (χ3n) is 3.00. The van der Waals surface area contributed by atoms with Crippen LogP contribution in [0.3, 0.4) is 0 Å². The molecule has 1 heterocycles. The Morgan fingerprint density at radius 1 is 1.32 bits per heavy atom. The van der Waals surface area contributed by atoms with Gasteiger partial charge in [0.15, 0.2) is 12.7 Å². The Morgan fingerprint density at radius 3 is 2.76 bits per heavy atom. The quantitative estimate of drug-likeness (QED) is 0.715. The molecule has 3 N–H and O–H groups in total. The molecule has 1 aromatic heterocycles. The summed E-state index contributed by atoms with van der Waals surface area (Å²) >= 11 is 6.95. The summed E-state index contributed by atoms with van der Waals surface area (Å²) in [6.45, 7) is 1.04. The SMILES string of the molecule is C[C@@H](OC(=O)COc1cccc(Cl)c1)C(=O)Nc1sccc1C(N)=O. The highest BCUT2D eigenvalue weighted by molar-refractivity contribution is 7.14. The minimum atomic E-state index is -1.07. The van der Waals surface area contributed by atoms with Crippen LogP contribution in [0, 0.1) is 0 Å². The van der Waals surface area contributed by atoms with Crippen molar-refractivity contribution < 1.29 is 23.9 Å². The van der Waals surface area contributed by atoms with Crippen molar-refractivity contribution in [3.63, 3.8) is 0 Å². The number of rotatable bonds is 7. The van der Waals surface area contributed by atoms with Gasteiger partial charge in [-0.2, -0.15) is 0 Å². The Hall–Kier alpha value is -2.58. The normalized spacial score (nSPS) is 11.4. The monoisotopic (exact) mass is 382 g/mol. The maximum Gasteiger partial charge on any atom is 0.344 e. The first-order valence-electron chi connectivity index (χ1n) is 7.13. The number of carbonyl (C=O) groups excluding carboxylic acids is 3. The lowest BCUT2D eigenvalue weighted by molar-refractivity contribution is -0.155. The minimum absolute atomic E-state index is 0.196. The summed E-state index contributed by atoms with van der Waals surface area (Å²) < 4.78 is 10.2. The van der Waals surface area contributed by atoms with Crippen LogP contribution in [0.2, 0.25) is 5.02 Å². The average molecular weight is 383 g/mol. The third-order valence-corrected chi connectivity index (χ3v) is 4.06. The van der Waals surface area contributed by atoms with E-state index < -0.39 is 23.9 Å². The van der Waals surface area contributed by atoms with Gasteiger partial charge in [0.05, 0.1) is 5.56 Å². The molecule has 0 bridgehead atoms. The average Bonchev–Trinajstić information content (AvgIpc) is 3.01. The molecule has 0 aliphatic carbocycles. The van der Waals surface area contributed by atoms with E-state index >= 15 is 0 Å². The standard InChI is InChI=1S/C16H15ClN2O5S/c1-9(15(22)19-16-12(14(18)21)5-6-25-16)24-13(20)8-23-11-4-2-3-10(17)7-11/h2-7,9H,8H2,1H3,(H2,18,21)(H,19,22)/t9-/m1/s1. The predicted octanol–water partition coefficient (Wildman–Crippen LogP) is 2.45. The topological polar surface area (TPSA) is 108 Å². The van der Waals surface area contributed by atoms with Gasteiger partial charge in [0.25, 0.3) is 11.8 Å². The number of benzene rings is 1. The lowest BCUT2D eigenvalue weighted by Crippen LogP contribution is -2.32. The van der Waals surface area contributed by atoms with E-state index in [0.717, 1.165) is 11.3 Å². The highest BCUT2D eigenvalue weighted by Crippen LogP contribution is 2.23. The van der Waals surface area contributed by atoms with Crippen LogP contribution < -0.4 is 15.8 Å². The number of primary amides is 1. The largest absolute Gasteiger partial charge is 0.482 e. The molecule has 0 spiro atoms. The van der Waals surface area contributed by atoms with E-state index in [2.05, 4.69) is 5.32 Å². The Balaban J connectivity index is 1.84. The first-order chi connectivity index (χ1) is 11.9. The van der Waals surface area contributed by atoms with Gasteiger partial charge in [-0.3, -0.25) is 9.59 Å². The maximum absolute atomic E-state index is 12.0. The van der Waals surface area contributed by atoms with E-state index in [1.807, 2.05) is 0 Å². The van der Waals surface area contributed by atoms with Gasteiger partial charge in [-0.1, -0.05) is 17.7 Å². The number of hydrogen-bond acceptors (Lipinski definition) is 6. The Morgan fingerprint density at radius 2 is 2.08 bits per heavy atom. The van der Waals surface area contributed by atoms with Gasteiger partial charge in [0.2, 0.25) is 0 Å². The second kappa shape index (κ2) is 8.50. The van der Waals surface area contributed by atoms with Crippen molar-refractivity contribution in [3.8, 4) is 5.75 Å². The van der Waals surface area contributed by atoms with Crippen LogP contribution in [0.4, 0.5) is 5.00 Å². The number of ether oxygens (including phenoxy) is 2. The summed E-state index contributed by atoms with van der Waals surface area (Å²) in [6, 6.07) is 8.03. The van der Waals surface area contributed by atoms with E-state index in [1.165, 1.54) is 13.0 Å². The summed E-state index contributed by atoms with van der Waals surface area (Å²) in [5, 5.41) is 4.89. The van der Waals surface area contributed by atoms with E-state index in [9.17, 15) is 14.4 Å². The fourth-order valence-corrected chi connectivity index (χ4v) is 2.77. The van der Waals surface area contributed by atoms with Gasteiger partial charge >= 0.3 is 5.97 Å². The summed E-state index contributed by atoms with van der Waals surface area (Å²) in [5.41, 5.74) is 5.40. The van der Waals surface area contributed by atoms with Crippen molar-refractivity contribution in [2.24, 2.45) is 5.73 Å². The number of hydrogen-bond donors (Lipinski definition) is 2. The van der Waals surface area contributed by atoms with Crippen molar-refractivity contribution in [3.05, 3.63) is 46.3 Å². The molecule has 0 aliphatic rings. The summed E-state index contributed by atoms with van der Waals surface area (Å²) in [6.07, 6.45) is -1.07. The number of carbonyl (C=O) groups is 3. The van der Waals surface area contributed by atoms with Crippen LogP contribution in [-0.4, -0.2) is 30.5 Å². The molecular weight excluding hydrogens is 368 g/mol. The zero-order chi connectivity index (χ0) is 18.4. The number of halogens is 1. The molecule has 0 radical (unpaired) electrons. The molecule has 0 unspecified atom stereocenters. The van der Waals surface area contributed by atoms with E-state index in [4.69, 9.17) is 26.8 Å². The second-order valence-electron chi connectivity index (χ2n) is 4.90. The lowest BCUT2D eigenvalue weighted by Gasteiger charge is -2.13. The molecule has 2 amide bonds. The Labute approximate surface area is 152 Å². The van der Waals surface area contributed by atoms with Crippen molar-refractivity contribution >= 4 is 45.7 Å². The first-order valence-corrected chi connectivity index (χ1v) is 8.38. The molecule has 2 aromatic rings. The zero-order valence-corrected chi connectivity index (χ0v) is 14.7. The molecule has 1 atom stereocenters. The fraction of sp³-hybridized carbons (Fsp3) is 0.188. The molecule has 0 saturated heterocycles. The smallest absolute Gasteiger partial charge is 0.344 e. The zero-order valence-electron chi connectivity index (χ0n) is 13.2. The molecule has 7 nitrogen and oxygen atoms in total. The number of thiophene rings is 1. The highest BCUT2D eigenvalue weighted by Gasteiger charge is 2.20. The molecule has 0 fully saturated rings. The van der Waals surface area contributed by atoms with Crippen molar-refractivity contribution in [1.82, 2.24) is 0 Å². The second-order valence-corrected chi connectivity index (χ2v) is 6.25. The Kier molecular flexibility index (Phi) is 6.37. The molecule has 1 aromatic carbocycles. The van der Waals surface area contributed by atoms with Gasteiger partial charge in [-0.05, 0) is 36.6 Å². The number of nitrogens with one attached hydrogen (secondary N) is 1. The van der Waals surface area contributed by atoms with Crippen LogP contribution >= 0.6 is 22.9 Å². The van der Waals surface area contributed by atoms with Gasteiger partial charge in [-0.15, -0.1) is 11.3 Å². The van der Waals surface area contributed by atoms with E-state index in [0.29, 0.717) is 15.8 Å². The van der Waals surface area contributed by atoms with Crippen molar-refractivity contribution in [2.45, 2.75) is 13.0 Å². The highest BCUT2D eigenvalue weighted by atomic mass is 35.5. The first kappa shape index (κ1) is 18.8. The van der Waals surface area contributed by atoms with Crippen LogP contribution in [0.25, 0.3) is 0 Å². The van der Waals surface area contributed by atoms with Gasteiger partial charge in [0, 0.05) is 5.02 Å². The molecule has 25 heavy (non-hydrogen) atoms. The number of amides is 2. The summed E-state index contributed by atoms with van der Waals surface area (Å²) in [5.74, 6) is -1.55. The maximum atomic E-state index is 12.0. The molecule has 0 saturated carbocycles. The fourth-order valence-electron chi connectivity index (χ4n) is 1.80. The minimum Gasteiger partial charge on any atom is -0.482 e. The van der Waals surface area contributed by atoms with Gasteiger partial charge in [0.1, 0.15) is 10.8 Å². The number of nitrogens with two attached hydrogens (primary N) is 1. The van der Waals surface area contributed by atoms with E-state index in [1.54, 1.807) is 29.6 Å². The third kappa shape index (κ3) is 5.47. The van der Waals surface area contributed by atoms with E-state index in [-0.39, 0.29) is 12.2 Å². The number of anilines is 1. The van der Waals surface area contributed by atoms with Crippen molar-refractivity contribution in [2.75, 3.05) is 11.9 Å². The Bertz CT molecular complexity index is 792. The van der Waals surface area contributed by atoms with Crippen molar-refractivity contribution in [1.29, 1.82) is 0 Å². The predicted molar refractivity (Wildman–Crippen MR) is 94.0 cm³/mol. The van der Waals surface area contributed by atoms with Crippen LogP contribution in [0.1, 0.15) is 17.3 Å². The summed E-state index contributed by atoms with van der Waals surface area (Å²) in [7, 11) is 0. The van der Waals surface area contributed by atoms with Gasteiger partial charge < -0.3 is 20.5 Å². The lowest BCUT2D eigenvalue weighted by atomic mass is 10.3. The molecule has 0 aliphatic heterocycles. The molecule has 2 rings (SSSR count). The number of esters is 1. The van der Waals surface area contributed by atoms with Gasteiger partial charge in [-0.25, -0.2) is 4.79 Å². The molecular formula is C16H15ClN2O5S. The van der Waals surface area contributed by atoms with Crippen LogP contribution in [-0.2, 0) is 14.3 Å². The van der Waals surface area contributed by atoms with Crippen LogP contribution in [0.15, 0.2) is 35.7 Å². The molecule has 9 heteroatoms. The van der Waals surface area contributed by atoms with Crippen LogP contribution in [0.5, 0.6) is 5.75 Å². The molecule has 132 valence electrons. The summed E-state index contributed by atoms with van der Waals surface area (Å²) in [4.78, 5) is 35.0.